The van der Waals surface area contributed by atoms with Gasteiger partial charge < -0.3 is 0 Å². The van der Waals surface area contributed by atoms with Crippen LogP contribution >= 0.6 is 0 Å². The van der Waals surface area contributed by atoms with Gasteiger partial charge in [0.1, 0.15) is 0 Å². The van der Waals surface area contributed by atoms with Crippen molar-refractivity contribution in [1.29, 1.82) is 0 Å². The molecular weight excluding hydrogens is 220 g/mol. The number of carbonyl (C=O) groups excluding carboxylic acids is 1. The Bertz CT molecular complexity index is 357. The van der Waals surface area contributed by atoms with Crippen molar-refractivity contribution >= 4 is 16.6 Å². The van der Waals surface area contributed by atoms with Gasteiger partial charge in [-0.3, -0.25) is 9.00 Å². The van der Waals surface area contributed by atoms with E-state index in [2.05, 4.69) is 0 Å². The third kappa shape index (κ3) is 4.71. The van der Waals surface area contributed by atoms with Crippen molar-refractivity contribution in [1.82, 2.24) is 0 Å². The molecule has 0 aromatic heterocycles. The van der Waals surface area contributed by atoms with Crippen LogP contribution in [-0.2, 0) is 10.8 Å². The monoisotopic (exact) mass is 238 g/mol. The van der Waals surface area contributed by atoms with Crippen LogP contribution in [0, 0.1) is 5.92 Å². The lowest BCUT2D eigenvalue weighted by molar-refractivity contribution is 0.0989. The van der Waals surface area contributed by atoms with Gasteiger partial charge in [0.15, 0.2) is 5.78 Å². The Morgan fingerprint density at radius 2 is 1.88 bits per heavy atom. The van der Waals surface area contributed by atoms with Crippen molar-refractivity contribution in [3.63, 3.8) is 0 Å². The van der Waals surface area contributed by atoms with Crippen LogP contribution in [0.4, 0.5) is 0 Å². The second kappa shape index (κ2) is 6.59. The topological polar surface area (TPSA) is 34.1 Å². The molecule has 1 rings (SSSR count). The molecular formula is C13H18O2S. The van der Waals surface area contributed by atoms with Gasteiger partial charge in [0.2, 0.25) is 0 Å². The molecule has 0 heterocycles. The molecule has 0 spiro atoms. The maximum atomic E-state index is 11.7. The molecule has 0 fully saturated rings. The molecule has 1 unspecified atom stereocenters. The SMILES string of the molecule is CC(C)CS(=O)CCC(=O)c1ccccc1. The molecule has 0 saturated carbocycles. The largest absolute Gasteiger partial charge is 0.294 e. The van der Waals surface area contributed by atoms with Gasteiger partial charge in [0.25, 0.3) is 0 Å². The molecule has 2 nitrogen and oxygen atoms in total. The minimum absolute atomic E-state index is 0.0812. The van der Waals surface area contributed by atoms with Crippen molar-refractivity contribution in [2.75, 3.05) is 11.5 Å². The summed E-state index contributed by atoms with van der Waals surface area (Å²) < 4.78 is 11.5. The molecule has 0 radical (unpaired) electrons. The minimum atomic E-state index is -0.865. The quantitative estimate of drug-likeness (QED) is 0.714. The highest BCUT2D eigenvalue weighted by atomic mass is 32.2. The lowest BCUT2D eigenvalue weighted by Gasteiger charge is -2.04. The molecule has 16 heavy (non-hydrogen) atoms. The van der Waals surface area contributed by atoms with Crippen LogP contribution in [0.5, 0.6) is 0 Å². The molecule has 1 atom stereocenters. The molecule has 0 amide bonds. The van der Waals surface area contributed by atoms with Gasteiger partial charge in [-0.05, 0) is 5.92 Å². The normalized spacial score (nSPS) is 12.7. The summed E-state index contributed by atoms with van der Waals surface area (Å²) in [6.45, 7) is 4.08. The van der Waals surface area contributed by atoms with Crippen LogP contribution < -0.4 is 0 Å². The fourth-order valence-corrected chi connectivity index (χ4v) is 2.75. The van der Waals surface area contributed by atoms with E-state index in [-0.39, 0.29) is 5.78 Å². The Balaban J connectivity index is 2.39. The van der Waals surface area contributed by atoms with Crippen LogP contribution in [0.15, 0.2) is 30.3 Å². The second-order valence-corrected chi connectivity index (χ2v) is 5.86. The van der Waals surface area contributed by atoms with E-state index < -0.39 is 10.8 Å². The first-order valence-electron chi connectivity index (χ1n) is 5.53. The fourth-order valence-electron chi connectivity index (χ4n) is 1.43. The van der Waals surface area contributed by atoms with E-state index in [1.54, 1.807) is 12.1 Å². The summed E-state index contributed by atoms with van der Waals surface area (Å²) in [5.41, 5.74) is 0.712. The molecule has 1 aromatic rings. The number of Topliss-reactive ketones (excluding diaryl/α,β-unsaturated/α-hetero) is 1. The predicted octanol–water partition coefficient (Wildman–Crippen LogP) is 2.66. The molecule has 88 valence electrons. The zero-order valence-corrected chi connectivity index (χ0v) is 10.6. The van der Waals surface area contributed by atoms with E-state index in [4.69, 9.17) is 0 Å². The van der Waals surface area contributed by atoms with Gasteiger partial charge in [0.05, 0.1) is 0 Å². The fraction of sp³-hybridized carbons (Fsp3) is 0.462. The van der Waals surface area contributed by atoms with Gasteiger partial charge in [-0.15, -0.1) is 0 Å². The Morgan fingerprint density at radius 1 is 1.25 bits per heavy atom. The van der Waals surface area contributed by atoms with Gasteiger partial charge in [-0.2, -0.15) is 0 Å². The number of carbonyl (C=O) groups is 1. The molecule has 0 bridgehead atoms. The summed E-state index contributed by atoms with van der Waals surface area (Å²) in [5.74, 6) is 1.67. The van der Waals surface area contributed by atoms with Crippen molar-refractivity contribution in [2.45, 2.75) is 20.3 Å². The van der Waals surface area contributed by atoms with Gasteiger partial charge >= 0.3 is 0 Å². The van der Waals surface area contributed by atoms with E-state index in [9.17, 15) is 9.00 Å². The molecule has 0 aliphatic heterocycles. The lowest BCUT2D eigenvalue weighted by atomic mass is 10.1. The van der Waals surface area contributed by atoms with Gasteiger partial charge in [0, 0.05) is 34.3 Å². The smallest absolute Gasteiger partial charge is 0.163 e. The summed E-state index contributed by atoms with van der Waals surface area (Å²) in [6, 6.07) is 9.17. The zero-order valence-electron chi connectivity index (χ0n) is 9.81. The second-order valence-electron chi connectivity index (χ2n) is 4.24. The lowest BCUT2D eigenvalue weighted by Crippen LogP contribution is -2.11. The average Bonchev–Trinajstić information content (AvgIpc) is 2.26. The van der Waals surface area contributed by atoms with Crippen LogP contribution in [0.25, 0.3) is 0 Å². The third-order valence-corrected chi connectivity index (χ3v) is 3.87. The maximum Gasteiger partial charge on any atom is 0.163 e. The maximum absolute atomic E-state index is 11.7. The predicted molar refractivity (Wildman–Crippen MR) is 68.1 cm³/mol. The summed E-state index contributed by atoms with van der Waals surface area (Å²) in [7, 11) is -0.865. The minimum Gasteiger partial charge on any atom is -0.294 e. The van der Waals surface area contributed by atoms with Crippen LogP contribution in [0.3, 0.4) is 0 Å². The van der Waals surface area contributed by atoms with E-state index in [0.29, 0.717) is 29.4 Å². The highest BCUT2D eigenvalue weighted by molar-refractivity contribution is 7.85. The molecule has 0 N–H and O–H groups in total. The Hall–Kier alpha value is -0.960. The van der Waals surface area contributed by atoms with Gasteiger partial charge in [-0.1, -0.05) is 44.2 Å². The molecule has 0 saturated heterocycles. The summed E-state index contributed by atoms with van der Waals surface area (Å²) in [5, 5.41) is 0. The third-order valence-electron chi connectivity index (χ3n) is 2.17. The summed E-state index contributed by atoms with van der Waals surface area (Å²) >= 11 is 0. The first-order chi connectivity index (χ1) is 7.59. The van der Waals surface area contributed by atoms with E-state index in [1.807, 2.05) is 32.0 Å². The Morgan fingerprint density at radius 3 is 2.44 bits per heavy atom. The molecule has 1 aromatic carbocycles. The highest BCUT2D eigenvalue weighted by Gasteiger charge is 2.08. The van der Waals surface area contributed by atoms with Crippen LogP contribution in [0.1, 0.15) is 30.6 Å². The first kappa shape index (κ1) is 13.1. The summed E-state index contributed by atoms with van der Waals surface area (Å²) in [6.07, 6.45) is 0.378. The Kier molecular flexibility index (Phi) is 5.39. The van der Waals surface area contributed by atoms with E-state index in [1.165, 1.54) is 0 Å². The van der Waals surface area contributed by atoms with E-state index in [0.717, 1.165) is 0 Å². The first-order valence-corrected chi connectivity index (χ1v) is 7.01. The molecule has 0 aliphatic rings. The summed E-state index contributed by atoms with van der Waals surface area (Å²) in [4.78, 5) is 11.7. The van der Waals surface area contributed by atoms with Crippen molar-refractivity contribution < 1.29 is 9.00 Å². The number of hydrogen-bond donors (Lipinski definition) is 0. The Labute approximate surface area is 99.5 Å². The molecule has 0 aliphatic carbocycles. The molecule has 3 heteroatoms. The number of rotatable bonds is 6. The standard InChI is InChI=1S/C13H18O2S/c1-11(2)10-16(15)9-8-13(14)12-6-4-3-5-7-12/h3-7,11H,8-10H2,1-2H3. The number of hydrogen-bond acceptors (Lipinski definition) is 2. The van der Waals surface area contributed by atoms with Crippen molar-refractivity contribution in [3.8, 4) is 0 Å². The van der Waals surface area contributed by atoms with Gasteiger partial charge in [-0.25, -0.2) is 0 Å². The van der Waals surface area contributed by atoms with E-state index >= 15 is 0 Å². The zero-order chi connectivity index (χ0) is 12.0. The van der Waals surface area contributed by atoms with Crippen LogP contribution in [0.2, 0.25) is 0 Å². The number of benzene rings is 1. The van der Waals surface area contributed by atoms with Crippen LogP contribution in [-0.4, -0.2) is 21.5 Å². The highest BCUT2D eigenvalue weighted by Crippen LogP contribution is 2.05. The van der Waals surface area contributed by atoms with Crippen molar-refractivity contribution in [2.24, 2.45) is 5.92 Å². The number of ketones is 1. The van der Waals surface area contributed by atoms with Crippen molar-refractivity contribution in [3.05, 3.63) is 35.9 Å². The average molecular weight is 238 g/mol.